The van der Waals surface area contributed by atoms with E-state index < -0.39 is 0 Å². The van der Waals surface area contributed by atoms with Crippen molar-refractivity contribution in [2.24, 2.45) is 5.92 Å². The van der Waals surface area contributed by atoms with Gasteiger partial charge in [-0.3, -0.25) is 9.97 Å². The van der Waals surface area contributed by atoms with E-state index in [0.717, 1.165) is 6.42 Å². The zero-order chi connectivity index (χ0) is 13.0. The molecule has 2 rings (SSSR count). The van der Waals surface area contributed by atoms with Crippen LogP contribution in [-0.2, 0) is 6.42 Å². The van der Waals surface area contributed by atoms with Gasteiger partial charge in [0.15, 0.2) is 0 Å². The van der Waals surface area contributed by atoms with E-state index in [4.69, 9.17) is 0 Å². The van der Waals surface area contributed by atoms with Gasteiger partial charge in [-0.2, -0.15) is 0 Å². The molecule has 0 saturated carbocycles. The average Bonchev–Trinajstić information content (AvgIpc) is 2.37. The van der Waals surface area contributed by atoms with Crippen molar-refractivity contribution < 1.29 is 0 Å². The van der Waals surface area contributed by atoms with E-state index in [2.05, 4.69) is 48.9 Å². The molecular formula is C16H20N2. The third-order valence-corrected chi connectivity index (χ3v) is 3.34. The van der Waals surface area contributed by atoms with Gasteiger partial charge in [-0.25, -0.2) is 0 Å². The largest absolute Gasteiger partial charge is 0.265 e. The molecule has 1 atom stereocenters. The van der Waals surface area contributed by atoms with Gasteiger partial charge in [0, 0.05) is 24.3 Å². The van der Waals surface area contributed by atoms with Crippen LogP contribution in [0.4, 0.5) is 0 Å². The highest BCUT2D eigenvalue weighted by Crippen LogP contribution is 2.27. The highest BCUT2D eigenvalue weighted by Gasteiger charge is 2.16. The third-order valence-electron chi connectivity index (χ3n) is 3.34. The topological polar surface area (TPSA) is 25.8 Å². The van der Waals surface area contributed by atoms with Crippen molar-refractivity contribution in [2.45, 2.75) is 33.1 Å². The number of nitrogens with zero attached hydrogens (tertiary/aromatic N) is 2. The zero-order valence-electron chi connectivity index (χ0n) is 11.3. The maximum Gasteiger partial charge on any atom is 0.0412 e. The fourth-order valence-corrected chi connectivity index (χ4v) is 2.28. The first-order valence-electron chi connectivity index (χ1n) is 6.48. The molecule has 2 heterocycles. The molecule has 0 fully saturated rings. The van der Waals surface area contributed by atoms with E-state index in [1.165, 1.54) is 16.8 Å². The Morgan fingerprint density at radius 1 is 1.06 bits per heavy atom. The molecule has 2 heteroatoms. The first-order valence-corrected chi connectivity index (χ1v) is 6.48. The lowest BCUT2D eigenvalue weighted by molar-refractivity contribution is 0.490. The Kier molecular flexibility index (Phi) is 4.08. The first-order chi connectivity index (χ1) is 8.66. The molecule has 0 aromatic carbocycles. The normalized spacial score (nSPS) is 12.7. The summed E-state index contributed by atoms with van der Waals surface area (Å²) in [6.45, 7) is 6.64. The minimum Gasteiger partial charge on any atom is -0.265 e. The molecule has 0 aliphatic heterocycles. The van der Waals surface area contributed by atoms with Gasteiger partial charge in [-0.15, -0.1) is 0 Å². The van der Waals surface area contributed by atoms with Gasteiger partial charge in [0.2, 0.25) is 0 Å². The van der Waals surface area contributed by atoms with E-state index in [9.17, 15) is 0 Å². The molecule has 94 valence electrons. The Hall–Kier alpha value is -1.70. The molecule has 0 spiro atoms. The molecule has 0 N–H and O–H groups in total. The summed E-state index contributed by atoms with van der Waals surface area (Å²) in [5, 5.41) is 0. The molecule has 2 aromatic rings. The summed E-state index contributed by atoms with van der Waals surface area (Å²) in [4.78, 5) is 8.56. The van der Waals surface area contributed by atoms with Crippen molar-refractivity contribution in [3.8, 4) is 0 Å². The molecule has 0 bridgehead atoms. The summed E-state index contributed by atoms with van der Waals surface area (Å²) in [6, 6.07) is 8.44. The van der Waals surface area contributed by atoms with Crippen LogP contribution in [0.25, 0.3) is 0 Å². The van der Waals surface area contributed by atoms with Gasteiger partial charge in [-0.05, 0) is 60.6 Å². The maximum absolute atomic E-state index is 4.47. The Bertz CT molecular complexity index is 491. The summed E-state index contributed by atoms with van der Waals surface area (Å²) in [5.74, 6) is 1.09. The van der Waals surface area contributed by atoms with Gasteiger partial charge < -0.3 is 0 Å². The summed E-state index contributed by atoms with van der Waals surface area (Å²) < 4.78 is 0. The van der Waals surface area contributed by atoms with Crippen LogP contribution in [0.15, 0.2) is 42.9 Å². The van der Waals surface area contributed by atoms with Crippen LogP contribution in [0.5, 0.6) is 0 Å². The van der Waals surface area contributed by atoms with E-state index in [0.29, 0.717) is 11.8 Å². The number of aromatic nitrogens is 2. The maximum atomic E-state index is 4.47. The monoisotopic (exact) mass is 240 g/mol. The predicted molar refractivity (Wildman–Crippen MR) is 74.5 cm³/mol. The molecule has 0 aliphatic carbocycles. The second-order valence-corrected chi connectivity index (χ2v) is 5.16. The van der Waals surface area contributed by atoms with Crippen LogP contribution >= 0.6 is 0 Å². The van der Waals surface area contributed by atoms with E-state index in [-0.39, 0.29) is 0 Å². The molecule has 1 unspecified atom stereocenters. The number of pyridine rings is 2. The molecule has 0 radical (unpaired) electrons. The highest BCUT2D eigenvalue weighted by atomic mass is 14.7. The van der Waals surface area contributed by atoms with Gasteiger partial charge in [0.25, 0.3) is 0 Å². The summed E-state index contributed by atoms with van der Waals surface area (Å²) in [7, 11) is 0. The first kappa shape index (κ1) is 12.7. The number of hydrogen-bond donors (Lipinski definition) is 0. The van der Waals surface area contributed by atoms with Crippen molar-refractivity contribution in [3.63, 3.8) is 0 Å². The zero-order valence-corrected chi connectivity index (χ0v) is 11.3. The molecular weight excluding hydrogens is 220 g/mol. The third kappa shape index (κ3) is 3.16. The van der Waals surface area contributed by atoms with E-state index in [1.807, 2.05) is 24.7 Å². The van der Waals surface area contributed by atoms with E-state index >= 15 is 0 Å². The Morgan fingerprint density at radius 3 is 2.39 bits per heavy atom. The van der Waals surface area contributed by atoms with Crippen LogP contribution < -0.4 is 0 Å². The number of rotatable bonds is 4. The molecule has 0 amide bonds. The van der Waals surface area contributed by atoms with Crippen molar-refractivity contribution in [1.82, 2.24) is 9.97 Å². The highest BCUT2D eigenvalue weighted by molar-refractivity contribution is 5.21. The number of aryl methyl sites for hydroxylation is 1. The quantitative estimate of drug-likeness (QED) is 0.813. The second-order valence-electron chi connectivity index (χ2n) is 5.16. The van der Waals surface area contributed by atoms with Crippen LogP contribution in [0.3, 0.4) is 0 Å². The SMILES string of the molecule is Cc1ccnc(CC(c2ccncc2)C(C)C)c1. The lowest BCUT2D eigenvalue weighted by Gasteiger charge is -2.21. The van der Waals surface area contributed by atoms with Gasteiger partial charge in [0.1, 0.15) is 0 Å². The molecule has 0 aliphatic rings. The second kappa shape index (κ2) is 5.76. The van der Waals surface area contributed by atoms with Crippen molar-refractivity contribution in [1.29, 1.82) is 0 Å². The number of hydrogen-bond acceptors (Lipinski definition) is 2. The van der Waals surface area contributed by atoms with Gasteiger partial charge >= 0.3 is 0 Å². The summed E-state index contributed by atoms with van der Waals surface area (Å²) >= 11 is 0. The van der Waals surface area contributed by atoms with E-state index in [1.54, 1.807) is 0 Å². The Labute approximate surface area is 109 Å². The fourth-order valence-electron chi connectivity index (χ4n) is 2.28. The van der Waals surface area contributed by atoms with Crippen molar-refractivity contribution in [3.05, 3.63) is 59.7 Å². The van der Waals surface area contributed by atoms with Gasteiger partial charge in [-0.1, -0.05) is 13.8 Å². The van der Waals surface area contributed by atoms with Crippen LogP contribution in [-0.4, -0.2) is 9.97 Å². The van der Waals surface area contributed by atoms with Crippen LogP contribution in [0, 0.1) is 12.8 Å². The molecule has 2 aromatic heterocycles. The lowest BCUT2D eigenvalue weighted by atomic mass is 9.85. The molecule has 18 heavy (non-hydrogen) atoms. The molecule has 0 saturated heterocycles. The van der Waals surface area contributed by atoms with Crippen LogP contribution in [0.1, 0.15) is 36.6 Å². The summed E-state index contributed by atoms with van der Waals surface area (Å²) in [5.41, 5.74) is 3.80. The fraction of sp³-hybridized carbons (Fsp3) is 0.375. The minimum atomic E-state index is 0.502. The lowest BCUT2D eigenvalue weighted by Crippen LogP contribution is -2.11. The smallest absolute Gasteiger partial charge is 0.0412 e. The predicted octanol–water partition coefficient (Wildman–Crippen LogP) is 3.77. The minimum absolute atomic E-state index is 0.502. The Balaban J connectivity index is 2.22. The average molecular weight is 240 g/mol. The Morgan fingerprint density at radius 2 is 1.78 bits per heavy atom. The summed E-state index contributed by atoms with van der Waals surface area (Å²) in [6.07, 6.45) is 6.63. The van der Waals surface area contributed by atoms with Crippen molar-refractivity contribution >= 4 is 0 Å². The van der Waals surface area contributed by atoms with Gasteiger partial charge in [0.05, 0.1) is 0 Å². The molecule has 2 nitrogen and oxygen atoms in total. The van der Waals surface area contributed by atoms with Crippen LogP contribution in [0.2, 0.25) is 0 Å². The standard InChI is InChI=1S/C16H20N2/c1-12(2)16(14-5-7-17-8-6-14)11-15-10-13(3)4-9-18-15/h4-10,12,16H,11H2,1-3H3. The van der Waals surface area contributed by atoms with Crippen molar-refractivity contribution in [2.75, 3.05) is 0 Å².